The summed E-state index contributed by atoms with van der Waals surface area (Å²) in [6.45, 7) is 0.835. The van der Waals surface area contributed by atoms with E-state index in [4.69, 9.17) is 8.92 Å². The maximum atomic E-state index is 11.6. The molecule has 0 aliphatic carbocycles. The van der Waals surface area contributed by atoms with Gasteiger partial charge in [-0.15, -0.1) is 0 Å². The highest BCUT2D eigenvalue weighted by Gasteiger charge is 2.22. The standard InChI is InChI=1S/C11H14O4S/c12-16(13,15-8-11-6-7-14-11)9-10-4-2-1-3-5-10/h1-5,11H,6-9H2. The van der Waals surface area contributed by atoms with E-state index in [0.29, 0.717) is 6.61 Å². The lowest BCUT2D eigenvalue weighted by Gasteiger charge is -2.25. The summed E-state index contributed by atoms with van der Waals surface area (Å²) >= 11 is 0. The van der Waals surface area contributed by atoms with Crippen molar-refractivity contribution >= 4 is 10.1 Å². The van der Waals surface area contributed by atoms with Crippen molar-refractivity contribution in [3.63, 3.8) is 0 Å². The summed E-state index contributed by atoms with van der Waals surface area (Å²) in [4.78, 5) is 0. The maximum Gasteiger partial charge on any atom is 0.271 e. The quantitative estimate of drug-likeness (QED) is 0.731. The molecule has 0 N–H and O–H groups in total. The molecule has 16 heavy (non-hydrogen) atoms. The van der Waals surface area contributed by atoms with Gasteiger partial charge < -0.3 is 4.74 Å². The molecule has 1 unspecified atom stereocenters. The van der Waals surface area contributed by atoms with Gasteiger partial charge in [0.25, 0.3) is 10.1 Å². The lowest BCUT2D eigenvalue weighted by atomic mass is 10.2. The first-order valence-electron chi connectivity index (χ1n) is 5.18. The van der Waals surface area contributed by atoms with Crippen molar-refractivity contribution in [3.05, 3.63) is 35.9 Å². The molecule has 0 bridgehead atoms. The van der Waals surface area contributed by atoms with E-state index in [1.807, 2.05) is 6.07 Å². The molecule has 5 heteroatoms. The molecule has 0 spiro atoms. The minimum Gasteiger partial charge on any atom is -0.376 e. The average Bonchev–Trinajstić information content (AvgIpc) is 2.15. The van der Waals surface area contributed by atoms with Crippen LogP contribution in [0.1, 0.15) is 12.0 Å². The SMILES string of the molecule is O=S(=O)(Cc1ccccc1)OCC1CCO1. The van der Waals surface area contributed by atoms with Gasteiger partial charge in [-0.05, 0) is 12.0 Å². The highest BCUT2D eigenvalue weighted by atomic mass is 32.2. The fraction of sp³-hybridized carbons (Fsp3) is 0.455. The molecule has 2 rings (SSSR count). The Balaban J connectivity index is 1.87. The molecule has 1 fully saturated rings. The van der Waals surface area contributed by atoms with Crippen LogP contribution >= 0.6 is 0 Å². The van der Waals surface area contributed by atoms with Crippen LogP contribution in [0.15, 0.2) is 30.3 Å². The second-order valence-corrected chi connectivity index (χ2v) is 5.39. The zero-order chi connectivity index (χ0) is 11.4. The van der Waals surface area contributed by atoms with Gasteiger partial charge in [-0.2, -0.15) is 8.42 Å². The topological polar surface area (TPSA) is 52.6 Å². The van der Waals surface area contributed by atoms with Crippen molar-refractivity contribution in [3.8, 4) is 0 Å². The fourth-order valence-electron chi connectivity index (χ4n) is 1.42. The Morgan fingerprint density at radius 1 is 1.31 bits per heavy atom. The molecule has 88 valence electrons. The predicted molar refractivity (Wildman–Crippen MR) is 59.4 cm³/mol. The number of hydrogen-bond acceptors (Lipinski definition) is 4. The van der Waals surface area contributed by atoms with E-state index in [9.17, 15) is 8.42 Å². The van der Waals surface area contributed by atoms with E-state index in [-0.39, 0.29) is 18.5 Å². The maximum absolute atomic E-state index is 11.6. The Kier molecular flexibility index (Phi) is 3.58. The number of hydrogen-bond donors (Lipinski definition) is 0. The van der Waals surface area contributed by atoms with Crippen molar-refractivity contribution in [1.82, 2.24) is 0 Å². The average molecular weight is 242 g/mol. The number of ether oxygens (including phenoxy) is 1. The van der Waals surface area contributed by atoms with Gasteiger partial charge in [0.15, 0.2) is 0 Å². The van der Waals surface area contributed by atoms with Crippen molar-refractivity contribution in [2.24, 2.45) is 0 Å². The molecule has 0 aromatic heterocycles. The zero-order valence-corrected chi connectivity index (χ0v) is 9.65. The van der Waals surface area contributed by atoms with E-state index in [2.05, 4.69) is 0 Å². The molecule has 1 heterocycles. The normalized spacial score (nSPS) is 20.4. The lowest BCUT2D eigenvalue weighted by molar-refractivity contribution is -0.0711. The first kappa shape index (κ1) is 11.6. The summed E-state index contributed by atoms with van der Waals surface area (Å²) in [5.74, 6) is -0.0828. The van der Waals surface area contributed by atoms with Gasteiger partial charge in [0.2, 0.25) is 0 Å². The number of rotatable bonds is 5. The first-order valence-corrected chi connectivity index (χ1v) is 6.76. The third kappa shape index (κ3) is 3.30. The molecule has 4 nitrogen and oxygen atoms in total. The van der Waals surface area contributed by atoms with Crippen LogP contribution in [0.25, 0.3) is 0 Å². The summed E-state index contributed by atoms with van der Waals surface area (Å²) in [5.41, 5.74) is 0.733. The highest BCUT2D eigenvalue weighted by molar-refractivity contribution is 7.85. The van der Waals surface area contributed by atoms with Crippen LogP contribution in [0.4, 0.5) is 0 Å². The summed E-state index contributed by atoms with van der Waals surface area (Å²) in [6, 6.07) is 8.99. The van der Waals surface area contributed by atoms with Crippen molar-refractivity contribution < 1.29 is 17.3 Å². The van der Waals surface area contributed by atoms with Crippen LogP contribution < -0.4 is 0 Å². The molecule has 1 aromatic rings. The number of benzene rings is 1. The Labute approximate surface area is 95.3 Å². The van der Waals surface area contributed by atoms with Crippen molar-refractivity contribution in [2.45, 2.75) is 18.3 Å². The van der Waals surface area contributed by atoms with E-state index in [1.165, 1.54) is 0 Å². The second kappa shape index (κ2) is 4.95. The molecule has 1 atom stereocenters. The molecule has 0 amide bonds. The van der Waals surface area contributed by atoms with E-state index < -0.39 is 10.1 Å². The van der Waals surface area contributed by atoms with E-state index in [1.54, 1.807) is 24.3 Å². The molecule has 1 aliphatic rings. The van der Waals surface area contributed by atoms with E-state index in [0.717, 1.165) is 12.0 Å². The molecule has 1 saturated heterocycles. The largest absolute Gasteiger partial charge is 0.376 e. The van der Waals surface area contributed by atoms with Gasteiger partial charge in [0.05, 0.1) is 12.7 Å². The fourth-order valence-corrected chi connectivity index (χ4v) is 2.46. The van der Waals surface area contributed by atoms with Crippen LogP contribution in [-0.4, -0.2) is 27.7 Å². The smallest absolute Gasteiger partial charge is 0.271 e. The van der Waals surface area contributed by atoms with Crippen LogP contribution in [0.3, 0.4) is 0 Å². The Morgan fingerprint density at radius 3 is 2.56 bits per heavy atom. The van der Waals surface area contributed by atoms with Crippen LogP contribution in [-0.2, 0) is 24.8 Å². The van der Waals surface area contributed by atoms with Gasteiger partial charge in [-0.3, -0.25) is 4.18 Å². The molecule has 0 saturated carbocycles. The molecule has 0 radical (unpaired) electrons. The van der Waals surface area contributed by atoms with E-state index >= 15 is 0 Å². The molecule has 1 aliphatic heterocycles. The monoisotopic (exact) mass is 242 g/mol. The highest BCUT2D eigenvalue weighted by Crippen LogP contribution is 2.14. The second-order valence-electron chi connectivity index (χ2n) is 3.75. The lowest BCUT2D eigenvalue weighted by Crippen LogP contribution is -2.32. The predicted octanol–water partition coefficient (Wildman–Crippen LogP) is 1.32. The summed E-state index contributed by atoms with van der Waals surface area (Å²) < 4.78 is 33.1. The third-order valence-corrected chi connectivity index (χ3v) is 3.60. The minimum absolute atomic E-state index is 0.0504. The van der Waals surface area contributed by atoms with Gasteiger partial charge in [0, 0.05) is 6.61 Å². The Bertz CT molecular complexity index is 423. The zero-order valence-electron chi connectivity index (χ0n) is 8.83. The summed E-state index contributed by atoms with van der Waals surface area (Å²) in [5, 5.41) is 0. The summed E-state index contributed by atoms with van der Waals surface area (Å²) in [6.07, 6.45) is 0.825. The summed E-state index contributed by atoms with van der Waals surface area (Å²) in [7, 11) is -3.49. The first-order chi connectivity index (χ1) is 7.66. The van der Waals surface area contributed by atoms with Gasteiger partial charge in [0.1, 0.15) is 5.75 Å². The Hall–Kier alpha value is -0.910. The van der Waals surface area contributed by atoms with Crippen LogP contribution in [0.2, 0.25) is 0 Å². The van der Waals surface area contributed by atoms with Crippen molar-refractivity contribution in [1.29, 1.82) is 0 Å². The van der Waals surface area contributed by atoms with Crippen molar-refractivity contribution in [2.75, 3.05) is 13.2 Å². The van der Waals surface area contributed by atoms with Gasteiger partial charge in [-0.25, -0.2) is 0 Å². The third-order valence-electron chi connectivity index (χ3n) is 2.41. The van der Waals surface area contributed by atoms with Crippen LogP contribution in [0.5, 0.6) is 0 Å². The molecular formula is C11H14O4S. The molecule has 1 aromatic carbocycles. The molecular weight excluding hydrogens is 228 g/mol. The minimum atomic E-state index is -3.49. The van der Waals surface area contributed by atoms with Crippen LogP contribution in [0, 0.1) is 0 Å². The van der Waals surface area contributed by atoms with Gasteiger partial charge in [-0.1, -0.05) is 30.3 Å². The van der Waals surface area contributed by atoms with Gasteiger partial charge >= 0.3 is 0 Å². The Morgan fingerprint density at radius 2 is 2.00 bits per heavy atom.